The number of carbonyl (C=O) groups is 4. The second-order valence-corrected chi connectivity index (χ2v) is 17.5. The van der Waals surface area contributed by atoms with Gasteiger partial charge in [0.1, 0.15) is 22.8 Å². The van der Waals surface area contributed by atoms with Crippen molar-refractivity contribution in [3.63, 3.8) is 0 Å². The van der Waals surface area contributed by atoms with E-state index >= 15 is 0 Å². The first-order valence-corrected chi connectivity index (χ1v) is 22.0. The molecule has 0 saturated heterocycles. The molecule has 4 aromatic heterocycles. The number of pyridine rings is 2. The number of fused-ring (bicyclic) bond motifs is 6. The van der Waals surface area contributed by atoms with Crippen LogP contribution in [-0.2, 0) is 41.0 Å². The lowest BCUT2D eigenvalue weighted by Gasteiger charge is -2.20. The van der Waals surface area contributed by atoms with Crippen molar-refractivity contribution in [3.05, 3.63) is 144 Å². The second kappa shape index (κ2) is 19.0. The normalized spacial score (nSPS) is 12.9. The summed E-state index contributed by atoms with van der Waals surface area (Å²) in [4.78, 5) is 111. The number of allylic oxidation sites excluding steroid dienone is 4. The number of carbonyl (C=O) groups excluding carboxylic acids is 4. The predicted octanol–water partition coefficient (Wildman–Crippen LogP) is 5.90. The van der Waals surface area contributed by atoms with Gasteiger partial charge in [-0.1, -0.05) is 57.5 Å². The quantitative estimate of drug-likeness (QED) is 0.194. The van der Waals surface area contributed by atoms with Gasteiger partial charge in [-0.05, 0) is 61.4 Å². The number of ketones is 4. The van der Waals surface area contributed by atoms with Crippen LogP contribution in [0.3, 0.4) is 0 Å². The maximum Gasteiger partial charge on any atom is 0.332 e. The van der Waals surface area contributed by atoms with E-state index in [0.717, 1.165) is 46.6 Å². The summed E-state index contributed by atoms with van der Waals surface area (Å²) in [5, 5.41) is -0.0139. The third-order valence-corrected chi connectivity index (χ3v) is 12.7. The Hall–Kier alpha value is -5.96. The van der Waals surface area contributed by atoms with Gasteiger partial charge in [-0.25, -0.2) is 19.6 Å². The summed E-state index contributed by atoms with van der Waals surface area (Å²) in [6.45, 7) is 3.59. The molecule has 0 bridgehead atoms. The van der Waals surface area contributed by atoms with Crippen LogP contribution in [0.5, 0.6) is 11.5 Å². The van der Waals surface area contributed by atoms with Crippen LogP contribution >= 0.6 is 56.3 Å². The summed E-state index contributed by atoms with van der Waals surface area (Å²) in [6, 6.07) is 11.0. The van der Waals surface area contributed by atoms with E-state index in [4.69, 9.17) is 9.47 Å². The molecule has 330 valence electrons. The Morgan fingerprint density at radius 3 is 1.55 bits per heavy atom. The standard InChI is InChI=1S/C22H18BrN3O5S.C15H13N3O4.C7H7BrOS/c1-5-11-16-17(18-20(24-11)25(2)22(30)26(3)21(18)29)12(27)9-15(19(16)28)32-14-8-10(23)6-7-13(14)31-4;1-4-7-10-8(19)5-6-9(20)11(10)12-13(16-7)17(2)15(22)18(3)14(12)21;1-9-6-3-2-5(8)4-7(6)10/h6-9H,5H2,1-4H3;5-6H,4H2,1-3H3;2-4,10H,1H3. The van der Waals surface area contributed by atoms with Crippen LogP contribution in [0.2, 0.25) is 0 Å². The van der Waals surface area contributed by atoms with E-state index in [2.05, 4.69) is 54.5 Å². The molecule has 0 aliphatic heterocycles. The third kappa shape index (κ3) is 8.53. The smallest absolute Gasteiger partial charge is 0.332 e. The van der Waals surface area contributed by atoms with E-state index in [0.29, 0.717) is 34.9 Å². The Balaban J connectivity index is 0.000000182. The maximum absolute atomic E-state index is 13.5. The fraction of sp³-hybridized carbons (Fsp3) is 0.227. The fourth-order valence-electron chi connectivity index (χ4n) is 7.07. The van der Waals surface area contributed by atoms with E-state index < -0.39 is 39.8 Å². The Morgan fingerprint density at radius 2 is 1.06 bits per heavy atom. The summed E-state index contributed by atoms with van der Waals surface area (Å²) in [6.07, 6.45) is 4.32. The second-order valence-electron chi connectivity index (χ2n) is 14.1. The minimum Gasteiger partial charge on any atom is -0.496 e. The number of thioether (sulfide) groups is 1. The third-order valence-electron chi connectivity index (χ3n) is 10.3. The van der Waals surface area contributed by atoms with Crippen LogP contribution in [0.1, 0.15) is 66.7 Å². The van der Waals surface area contributed by atoms with Gasteiger partial charge in [-0.15, -0.1) is 12.6 Å². The van der Waals surface area contributed by atoms with Gasteiger partial charge >= 0.3 is 11.4 Å². The van der Waals surface area contributed by atoms with Gasteiger partial charge in [0.15, 0.2) is 17.3 Å². The van der Waals surface area contributed by atoms with Crippen molar-refractivity contribution in [2.24, 2.45) is 28.2 Å². The topological polar surface area (TPSA) is 201 Å². The maximum atomic E-state index is 13.5. The molecule has 16 nitrogen and oxygen atoms in total. The molecule has 4 heterocycles. The summed E-state index contributed by atoms with van der Waals surface area (Å²) in [5.41, 5.74) is -1.06. The van der Waals surface area contributed by atoms with Crippen LogP contribution in [0.15, 0.2) is 97.4 Å². The van der Waals surface area contributed by atoms with Crippen molar-refractivity contribution in [2.45, 2.75) is 36.5 Å². The minimum atomic E-state index is -0.659. The number of rotatable bonds is 6. The highest BCUT2D eigenvalue weighted by molar-refractivity contribution is 9.10. The van der Waals surface area contributed by atoms with Gasteiger partial charge in [0, 0.05) is 48.1 Å². The van der Waals surface area contributed by atoms with E-state index in [-0.39, 0.29) is 55.0 Å². The van der Waals surface area contributed by atoms with Gasteiger partial charge in [-0.3, -0.25) is 47.0 Å². The lowest BCUT2D eigenvalue weighted by molar-refractivity contribution is 0.0991. The number of Topliss-reactive ketones (excluding diaryl/α,β-unsaturated/α-hetero) is 1. The van der Waals surface area contributed by atoms with Gasteiger partial charge in [0.2, 0.25) is 5.78 Å². The Labute approximate surface area is 390 Å². The molecule has 2 aliphatic carbocycles. The molecule has 0 radical (unpaired) electrons. The number of hydrogen-bond donors (Lipinski definition) is 1. The number of thiol groups is 1. The van der Waals surface area contributed by atoms with Crippen LogP contribution < -0.4 is 32.0 Å². The minimum absolute atomic E-state index is 0.00129. The molecule has 2 aromatic carbocycles. The van der Waals surface area contributed by atoms with E-state index in [1.165, 1.54) is 56.6 Å². The van der Waals surface area contributed by atoms with E-state index in [9.17, 15) is 38.4 Å². The number of aromatic nitrogens is 6. The first-order chi connectivity index (χ1) is 30.3. The van der Waals surface area contributed by atoms with Crippen molar-refractivity contribution in [2.75, 3.05) is 14.2 Å². The molecule has 0 atom stereocenters. The Morgan fingerprint density at radius 1 is 0.609 bits per heavy atom. The Kier molecular flexibility index (Phi) is 14.1. The van der Waals surface area contributed by atoms with Crippen LogP contribution in [0.25, 0.3) is 22.1 Å². The van der Waals surface area contributed by atoms with E-state index in [1.54, 1.807) is 33.1 Å². The molecule has 0 fully saturated rings. The van der Waals surface area contributed by atoms with Crippen molar-refractivity contribution >= 4 is 101 Å². The zero-order valence-corrected chi connectivity index (χ0v) is 40.4. The molecule has 0 spiro atoms. The number of methoxy groups -OCH3 is 2. The molecule has 20 heteroatoms. The highest BCUT2D eigenvalue weighted by Crippen LogP contribution is 2.41. The van der Waals surface area contributed by atoms with Gasteiger partial charge in [0.05, 0.1) is 68.4 Å². The van der Waals surface area contributed by atoms with Crippen LogP contribution in [0.4, 0.5) is 0 Å². The molecule has 0 saturated carbocycles. The Bertz CT molecular complexity index is 3350. The highest BCUT2D eigenvalue weighted by Gasteiger charge is 2.34. The number of aryl methyl sites for hydroxylation is 4. The van der Waals surface area contributed by atoms with Crippen LogP contribution in [-0.4, -0.2) is 65.6 Å². The van der Waals surface area contributed by atoms with Gasteiger partial charge < -0.3 is 9.47 Å². The first kappa shape index (κ1) is 47.5. The van der Waals surface area contributed by atoms with Crippen molar-refractivity contribution < 1.29 is 28.7 Å². The summed E-state index contributed by atoms with van der Waals surface area (Å²) >= 11 is 12.0. The number of halogens is 2. The molecule has 2 aliphatic rings. The fourth-order valence-corrected chi connectivity index (χ4v) is 9.46. The van der Waals surface area contributed by atoms with Crippen molar-refractivity contribution in [1.29, 1.82) is 0 Å². The zero-order chi connectivity index (χ0) is 47.1. The number of hydrogen-bond acceptors (Lipinski definition) is 14. The van der Waals surface area contributed by atoms with Gasteiger partial charge in [0.25, 0.3) is 11.1 Å². The average Bonchev–Trinajstić information content (AvgIpc) is 3.28. The molecule has 0 N–H and O–H groups in total. The summed E-state index contributed by atoms with van der Waals surface area (Å²) in [7, 11) is 8.77. The molecule has 8 rings (SSSR count). The molecular formula is C44H38Br2N6O10S2. The number of nitrogens with zero attached hydrogens (tertiary/aromatic N) is 6. The molecule has 64 heavy (non-hydrogen) atoms. The largest absolute Gasteiger partial charge is 0.496 e. The first-order valence-electron chi connectivity index (χ1n) is 19.2. The molecule has 0 amide bonds. The van der Waals surface area contributed by atoms with Crippen molar-refractivity contribution in [3.8, 4) is 11.5 Å². The van der Waals surface area contributed by atoms with E-state index in [1.807, 2.05) is 24.3 Å². The average molecular weight is 1030 g/mol. The van der Waals surface area contributed by atoms with Crippen molar-refractivity contribution in [1.82, 2.24) is 28.2 Å². The SMILES string of the molecule is CCc1nc2c(c3c1C(=O)C(Sc1cc(Br)ccc1OC)=CC3=O)c(=O)n(C)c(=O)n2C.CCc1nc2c(c3c1C(=O)C=CC3=O)c(=O)n(C)c(=O)n2C.COc1ccc(Br)cc1S. The molecular weight excluding hydrogens is 996 g/mol. The summed E-state index contributed by atoms with van der Waals surface area (Å²) < 4.78 is 16.4. The lowest BCUT2D eigenvalue weighted by Crippen LogP contribution is -2.39. The monoisotopic (exact) mass is 1030 g/mol. The highest BCUT2D eigenvalue weighted by atomic mass is 79.9. The molecule has 6 aromatic rings. The van der Waals surface area contributed by atoms with Crippen LogP contribution in [0, 0.1) is 0 Å². The number of ether oxygens (including phenoxy) is 2. The summed E-state index contributed by atoms with van der Waals surface area (Å²) in [5.74, 6) is -0.292. The predicted molar refractivity (Wildman–Crippen MR) is 252 cm³/mol. The molecule has 0 unspecified atom stereocenters. The number of benzene rings is 2. The lowest BCUT2D eigenvalue weighted by atomic mass is 9.90. The van der Waals surface area contributed by atoms with Gasteiger partial charge in [-0.2, -0.15) is 0 Å². The zero-order valence-electron chi connectivity index (χ0n) is 35.5.